The number of aliphatic hydroxyl groups is 1. The van der Waals surface area contributed by atoms with E-state index in [4.69, 9.17) is 5.11 Å². The Bertz CT molecular complexity index is 413. The lowest BCUT2D eigenvalue weighted by molar-refractivity contribution is 0.281. The molecule has 1 heterocycles. The highest BCUT2D eigenvalue weighted by Crippen LogP contribution is 2.07. The molecule has 1 aromatic carbocycles. The number of H-pyrrole nitrogens is 1. The number of tetrazole rings is 1. The van der Waals surface area contributed by atoms with E-state index in [9.17, 15) is 0 Å². The quantitative estimate of drug-likeness (QED) is 0.759. The molecule has 0 saturated carbocycles. The molecule has 2 N–H and O–H groups in total. The van der Waals surface area contributed by atoms with E-state index in [1.165, 1.54) is 5.56 Å². The van der Waals surface area contributed by atoms with Gasteiger partial charge in [0.05, 0.1) is 6.61 Å². The van der Waals surface area contributed by atoms with E-state index in [2.05, 4.69) is 20.6 Å². The third kappa shape index (κ3) is 2.60. The molecular formula is C10H12N4O. The van der Waals surface area contributed by atoms with Gasteiger partial charge < -0.3 is 5.11 Å². The fourth-order valence-corrected chi connectivity index (χ4v) is 1.43. The van der Waals surface area contributed by atoms with Gasteiger partial charge in [-0.25, -0.2) is 0 Å². The smallest absolute Gasteiger partial charge is 0.174 e. The summed E-state index contributed by atoms with van der Waals surface area (Å²) in [5.41, 5.74) is 2.10. The first-order valence-electron chi connectivity index (χ1n) is 4.79. The summed E-state index contributed by atoms with van der Waals surface area (Å²) >= 11 is 0. The number of aromatic amines is 1. The van der Waals surface area contributed by atoms with E-state index < -0.39 is 0 Å². The molecular weight excluding hydrogens is 192 g/mol. The maximum absolute atomic E-state index is 8.97. The molecule has 2 rings (SSSR count). The van der Waals surface area contributed by atoms with Crippen molar-refractivity contribution in [1.82, 2.24) is 20.6 Å². The molecule has 15 heavy (non-hydrogen) atoms. The first-order valence-corrected chi connectivity index (χ1v) is 4.79. The molecule has 0 aliphatic rings. The van der Waals surface area contributed by atoms with Crippen LogP contribution in [0.3, 0.4) is 0 Å². The normalized spacial score (nSPS) is 10.5. The number of hydrogen-bond acceptors (Lipinski definition) is 4. The monoisotopic (exact) mass is 204 g/mol. The van der Waals surface area contributed by atoms with E-state index in [-0.39, 0.29) is 6.61 Å². The first-order chi connectivity index (χ1) is 7.38. The predicted octanol–water partition coefficient (Wildman–Crippen LogP) is 0.477. The summed E-state index contributed by atoms with van der Waals surface area (Å²) in [5.74, 6) is 0.712. The second kappa shape index (κ2) is 4.65. The maximum Gasteiger partial charge on any atom is 0.174 e. The number of aryl methyl sites for hydroxylation is 2. The molecule has 1 aromatic heterocycles. The number of aromatic nitrogens is 4. The minimum absolute atomic E-state index is 0.0794. The van der Waals surface area contributed by atoms with Crippen molar-refractivity contribution < 1.29 is 5.11 Å². The molecule has 0 atom stereocenters. The van der Waals surface area contributed by atoms with Crippen molar-refractivity contribution in [2.24, 2.45) is 0 Å². The second-order valence-electron chi connectivity index (χ2n) is 3.31. The molecule has 0 fully saturated rings. The molecule has 5 nitrogen and oxygen atoms in total. The maximum atomic E-state index is 8.97. The number of aliphatic hydroxyl groups excluding tert-OH is 1. The van der Waals surface area contributed by atoms with Crippen molar-refractivity contribution in [3.63, 3.8) is 0 Å². The number of nitrogens with zero attached hydrogens (tertiary/aromatic N) is 3. The van der Waals surface area contributed by atoms with Crippen LogP contribution >= 0.6 is 0 Å². The average molecular weight is 204 g/mol. The van der Waals surface area contributed by atoms with Crippen molar-refractivity contribution in [2.75, 3.05) is 0 Å². The summed E-state index contributed by atoms with van der Waals surface area (Å²) in [7, 11) is 0. The number of rotatable bonds is 4. The first kappa shape index (κ1) is 9.79. The van der Waals surface area contributed by atoms with Crippen LogP contribution < -0.4 is 0 Å². The van der Waals surface area contributed by atoms with Gasteiger partial charge in [-0.15, -0.1) is 10.2 Å². The third-order valence-electron chi connectivity index (χ3n) is 2.20. The van der Waals surface area contributed by atoms with Crippen molar-refractivity contribution in [3.05, 3.63) is 41.2 Å². The van der Waals surface area contributed by atoms with Gasteiger partial charge in [-0.1, -0.05) is 29.5 Å². The average Bonchev–Trinajstić information content (AvgIpc) is 2.79. The van der Waals surface area contributed by atoms with Gasteiger partial charge in [-0.2, -0.15) is 5.21 Å². The summed E-state index contributed by atoms with van der Waals surface area (Å²) in [6.07, 6.45) is 1.61. The summed E-state index contributed by atoms with van der Waals surface area (Å²) in [5, 5.41) is 22.6. The molecule has 0 radical (unpaired) electrons. The fourth-order valence-electron chi connectivity index (χ4n) is 1.43. The molecule has 0 spiro atoms. The van der Waals surface area contributed by atoms with Crippen LogP contribution in [0.4, 0.5) is 0 Å². The highest BCUT2D eigenvalue weighted by atomic mass is 16.3. The van der Waals surface area contributed by atoms with Crippen LogP contribution in [0.25, 0.3) is 0 Å². The molecule has 0 aliphatic carbocycles. The molecule has 0 saturated heterocycles. The van der Waals surface area contributed by atoms with Gasteiger partial charge in [0.25, 0.3) is 0 Å². The predicted molar refractivity (Wildman–Crippen MR) is 54.0 cm³/mol. The molecule has 0 unspecified atom stereocenters. The Kier molecular flexibility index (Phi) is 3.04. The minimum atomic E-state index is 0.0794. The van der Waals surface area contributed by atoms with Gasteiger partial charge in [-0.3, -0.25) is 0 Å². The van der Waals surface area contributed by atoms with Crippen LogP contribution in [0.1, 0.15) is 17.0 Å². The van der Waals surface area contributed by atoms with Gasteiger partial charge in [-0.05, 0) is 17.5 Å². The van der Waals surface area contributed by atoms with E-state index >= 15 is 0 Å². The van der Waals surface area contributed by atoms with Gasteiger partial charge >= 0.3 is 0 Å². The van der Waals surface area contributed by atoms with Crippen LogP contribution in [-0.2, 0) is 19.4 Å². The summed E-state index contributed by atoms with van der Waals surface area (Å²) < 4.78 is 0. The third-order valence-corrected chi connectivity index (χ3v) is 2.20. The van der Waals surface area contributed by atoms with E-state index in [1.807, 2.05) is 24.3 Å². The lowest BCUT2D eigenvalue weighted by Crippen LogP contribution is -1.95. The Morgan fingerprint density at radius 2 is 2.07 bits per heavy atom. The summed E-state index contributed by atoms with van der Waals surface area (Å²) in [6, 6.07) is 7.86. The number of benzene rings is 1. The highest BCUT2D eigenvalue weighted by Gasteiger charge is 2.00. The van der Waals surface area contributed by atoms with E-state index in [0.29, 0.717) is 5.82 Å². The Hall–Kier alpha value is -1.75. The largest absolute Gasteiger partial charge is 0.392 e. The standard InChI is InChI=1S/C10H12N4O/c15-7-9-3-1-2-8(6-9)4-5-10-11-13-14-12-10/h1-3,6,15H,4-5,7H2,(H,11,12,13,14). The summed E-state index contributed by atoms with van der Waals surface area (Å²) in [6.45, 7) is 0.0794. The molecule has 0 bridgehead atoms. The van der Waals surface area contributed by atoms with E-state index in [0.717, 1.165) is 18.4 Å². The Morgan fingerprint density at radius 1 is 1.20 bits per heavy atom. The Balaban J connectivity index is 1.98. The molecule has 0 amide bonds. The number of nitrogens with one attached hydrogen (secondary N) is 1. The molecule has 5 heteroatoms. The lowest BCUT2D eigenvalue weighted by atomic mass is 10.1. The van der Waals surface area contributed by atoms with Gasteiger partial charge in [0, 0.05) is 6.42 Å². The molecule has 0 aliphatic heterocycles. The zero-order valence-corrected chi connectivity index (χ0v) is 8.22. The second-order valence-corrected chi connectivity index (χ2v) is 3.31. The minimum Gasteiger partial charge on any atom is -0.392 e. The summed E-state index contributed by atoms with van der Waals surface area (Å²) in [4.78, 5) is 0. The highest BCUT2D eigenvalue weighted by molar-refractivity contribution is 5.23. The van der Waals surface area contributed by atoms with E-state index in [1.54, 1.807) is 0 Å². The molecule has 2 aromatic rings. The van der Waals surface area contributed by atoms with Crippen LogP contribution in [0.15, 0.2) is 24.3 Å². The van der Waals surface area contributed by atoms with Crippen LogP contribution in [0, 0.1) is 0 Å². The van der Waals surface area contributed by atoms with Crippen molar-refractivity contribution in [1.29, 1.82) is 0 Å². The van der Waals surface area contributed by atoms with Crippen LogP contribution in [-0.4, -0.2) is 25.7 Å². The van der Waals surface area contributed by atoms with Crippen molar-refractivity contribution in [2.45, 2.75) is 19.4 Å². The van der Waals surface area contributed by atoms with Crippen molar-refractivity contribution in [3.8, 4) is 0 Å². The SMILES string of the molecule is OCc1cccc(CCc2nn[nH]n2)c1. The zero-order valence-electron chi connectivity index (χ0n) is 8.22. The van der Waals surface area contributed by atoms with Crippen molar-refractivity contribution >= 4 is 0 Å². The van der Waals surface area contributed by atoms with Gasteiger partial charge in [0.2, 0.25) is 0 Å². The Labute approximate surface area is 87.2 Å². The molecule has 78 valence electrons. The van der Waals surface area contributed by atoms with Crippen LogP contribution in [0.2, 0.25) is 0 Å². The zero-order chi connectivity index (χ0) is 10.5. The van der Waals surface area contributed by atoms with Gasteiger partial charge in [0.1, 0.15) is 0 Å². The van der Waals surface area contributed by atoms with Gasteiger partial charge in [0.15, 0.2) is 5.82 Å². The van der Waals surface area contributed by atoms with Crippen LogP contribution in [0.5, 0.6) is 0 Å². The Morgan fingerprint density at radius 3 is 2.80 bits per heavy atom. The lowest BCUT2D eigenvalue weighted by Gasteiger charge is -2.01. The number of hydrogen-bond donors (Lipinski definition) is 2. The topological polar surface area (TPSA) is 74.7 Å². The fraction of sp³-hybridized carbons (Fsp3) is 0.300.